The number of halogens is 1. The molecule has 0 aliphatic heterocycles. The molecule has 2 rings (SSSR count). The summed E-state index contributed by atoms with van der Waals surface area (Å²) in [4.78, 5) is 8.25. The number of pyridine rings is 1. The number of rotatable bonds is 2. The summed E-state index contributed by atoms with van der Waals surface area (Å²) < 4.78 is 2.00. The van der Waals surface area contributed by atoms with Crippen LogP contribution in [0.15, 0.2) is 37.1 Å². The van der Waals surface area contributed by atoms with E-state index < -0.39 is 0 Å². The van der Waals surface area contributed by atoms with E-state index in [1.165, 1.54) is 0 Å². The van der Waals surface area contributed by atoms with Gasteiger partial charge in [0.2, 0.25) is 0 Å². The highest BCUT2D eigenvalue weighted by Gasteiger charge is 2.07. The van der Waals surface area contributed by atoms with Gasteiger partial charge >= 0.3 is 0 Å². The molecular formula is C10H10ClN3. The molecule has 0 saturated heterocycles. The van der Waals surface area contributed by atoms with E-state index in [9.17, 15) is 0 Å². The van der Waals surface area contributed by atoms with Crippen LogP contribution in [-0.4, -0.2) is 14.5 Å². The maximum absolute atomic E-state index is 5.76. The summed E-state index contributed by atoms with van der Waals surface area (Å²) in [6.07, 6.45) is 7.11. The van der Waals surface area contributed by atoms with Gasteiger partial charge in [-0.05, 0) is 19.1 Å². The Labute approximate surface area is 87.4 Å². The van der Waals surface area contributed by atoms with Crippen molar-refractivity contribution >= 4 is 11.6 Å². The molecule has 0 fully saturated rings. The third kappa shape index (κ3) is 1.77. The molecule has 2 heterocycles. The van der Waals surface area contributed by atoms with Crippen LogP contribution in [0.3, 0.4) is 0 Å². The summed E-state index contributed by atoms with van der Waals surface area (Å²) >= 11 is 5.76. The van der Waals surface area contributed by atoms with Gasteiger partial charge < -0.3 is 4.57 Å². The standard InChI is InChI=1S/C10H10ClN3/c1-8(14-5-4-12-7-14)10-3-2-9(11)6-13-10/h2-8H,1H3. The van der Waals surface area contributed by atoms with E-state index in [1.807, 2.05) is 22.9 Å². The Hall–Kier alpha value is -1.35. The first-order valence-electron chi connectivity index (χ1n) is 4.36. The highest BCUT2D eigenvalue weighted by molar-refractivity contribution is 6.30. The maximum atomic E-state index is 5.76. The van der Waals surface area contributed by atoms with Gasteiger partial charge in [0.15, 0.2) is 0 Å². The molecular weight excluding hydrogens is 198 g/mol. The topological polar surface area (TPSA) is 30.7 Å². The van der Waals surface area contributed by atoms with Crippen molar-refractivity contribution in [2.45, 2.75) is 13.0 Å². The average molecular weight is 208 g/mol. The average Bonchev–Trinajstić information content (AvgIpc) is 2.71. The van der Waals surface area contributed by atoms with Crippen LogP contribution in [0, 0.1) is 0 Å². The molecule has 2 aromatic rings. The lowest BCUT2D eigenvalue weighted by Crippen LogP contribution is -2.05. The predicted molar refractivity (Wildman–Crippen MR) is 55.3 cm³/mol. The molecule has 14 heavy (non-hydrogen) atoms. The molecule has 0 aliphatic rings. The Balaban J connectivity index is 2.28. The van der Waals surface area contributed by atoms with E-state index in [0.29, 0.717) is 5.02 Å². The quantitative estimate of drug-likeness (QED) is 0.758. The zero-order valence-corrected chi connectivity index (χ0v) is 8.52. The number of hydrogen-bond donors (Lipinski definition) is 0. The summed E-state index contributed by atoms with van der Waals surface area (Å²) in [5, 5.41) is 0.659. The maximum Gasteiger partial charge on any atom is 0.0952 e. The Morgan fingerprint density at radius 2 is 2.29 bits per heavy atom. The third-order valence-electron chi connectivity index (χ3n) is 2.15. The van der Waals surface area contributed by atoms with Crippen molar-refractivity contribution in [3.63, 3.8) is 0 Å². The van der Waals surface area contributed by atoms with Crippen LogP contribution in [0.4, 0.5) is 0 Å². The van der Waals surface area contributed by atoms with Crippen LogP contribution in [0.25, 0.3) is 0 Å². The molecule has 2 aromatic heterocycles. The first-order valence-corrected chi connectivity index (χ1v) is 4.74. The molecule has 3 nitrogen and oxygen atoms in total. The second kappa shape index (κ2) is 3.80. The molecule has 72 valence electrons. The number of imidazole rings is 1. The first-order chi connectivity index (χ1) is 6.77. The Morgan fingerprint density at radius 3 is 2.86 bits per heavy atom. The smallest absolute Gasteiger partial charge is 0.0952 e. The van der Waals surface area contributed by atoms with Gasteiger partial charge in [0.1, 0.15) is 0 Å². The van der Waals surface area contributed by atoms with E-state index in [1.54, 1.807) is 18.7 Å². The predicted octanol–water partition coefficient (Wildman–Crippen LogP) is 2.54. The summed E-state index contributed by atoms with van der Waals surface area (Å²) in [5.74, 6) is 0. The number of hydrogen-bond acceptors (Lipinski definition) is 2. The normalized spacial score (nSPS) is 12.7. The number of nitrogens with zero attached hydrogens (tertiary/aromatic N) is 3. The van der Waals surface area contributed by atoms with Crippen molar-refractivity contribution in [1.29, 1.82) is 0 Å². The van der Waals surface area contributed by atoms with E-state index in [4.69, 9.17) is 11.6 Å². The van der Waals surface area contributed by atoms with Crippen LogP contribution in [0.2, 0.25) is 5.02 Å². The van der Waals surface area contributed by atoms with E-state index >= 15 is 0 Å². The van der Waals surface area contributed by atoms with Gasteiger partial charge in [-0.25, -0.2) is 4.98 Å². The summed E-state index contributed by atoms with van der Waals surface area (Å²) in [5.41, 5.74) is 0.979. The van der Waals surface area contributed by atoms with Gasteiger partial charge in [-0.3, -0.25) is 4.98 Å². The SMILES string of the molecule is CC(c1ccc(Cl)cn1)n1ccnc1. The van der Waals surface area contributed by atoms with Gasteiger partial charge in [0.25, 0.3) is 0 Å². The Morgan fingerprint density at radius 1 is 1.43 bits per heavy atom. The van der Waals surface area contributed by atoms with Crippen LogP contribution in [-0.2, 0) is 0 Å². The molecule has 0 aromatic carbocycles. The van der Waals surface area contributed by atoms with Gasteiger partial charge in [-0.1, -0.05) is 11.6 Å². The van der Waals surface area contributed by atoms with Crippen LogP contribution < -0.4 is 0 Å². The van der Waals surface area contributed by atoms with Crippen molar-refractivity contribution in [3.8, 4) is 0 Å². The third-order valence-corrected chi connectivity index (χ3v) is 2.37. The Bertz CT molecular complexity index is 394. The molecule has 0 spiro atoms. The minimum absolute atomic E-state index is 0.190. The van der Waals surface area contributed by atoms with E-state index in [0.717, 1.165) is 5.69 Å². The van der Waals surface area contributed by atoms with Crippen LogP contribution >= 0.6 is 11.6 Å². The summed E-state index contributed by atoms with van der Waals surface area (Å²) in [6.45, 7) is 2.07. The van der Waals surface area contributed by atoms with Crippen LogP contribution in [0.1, 0.15) is 18.7 Å². The highest BCUT2D eigenvalue weighted by atomic mass is 35.5. The lowest BCUT2D eigenvalue weighted by molar-refractivity contribution is 0.620. The van der Waals surface area contributed by atoms with Gasteiger partial charge in [-0.2, -0.15) is 0 Å². The van der Waals surface area contributed by atoms with Crippen LogP contribution in [0.5, 0.6) is 0 Å². The molecule has 0 N–H and O–H groups in total. The Kier molecular flexibility index (Phi) is 2.50. The number of aromatic nitrogens is 3. The van der Waals surface area contributed by atoms with Gasteiger partial charge in [0, 0.05) is 18.6 Å². The van der Waals surface area contributed by atoms with Crippen molar-refractivity contribution in [1.82, 2.24) is 14.5 Å². The van der Waals surface area contributed by atoms with E-state index in [-0.39, 0.29) is 6.04 Å². The van der Waals surface area contributed by atoms with Crippen molar-refractivity contribution in [2.75, 3.05) is 0 Å². The molecule has 0 radical (unpaired) electrons. The largest absolute Gasteiger partial charge is 0.329 e. The summed E-state index contributed by atoms with van der Waals surface area (Å²) in [6, 6.07) is 3.96. The lowest BCUT2D eigenvalue weighted by Gasteiger charge is -2.11. The second-order valence-corrected chi connectivity index (χ2v) is 3.52. The van der Waals surface area contributed by atoms with Gasteiger partial charge in [0.05, 0.1) is 23.1 Å². The molecule has 4 heteroatoms. The monoisotopic (exact) mass is 207 g/mol. The molecule has 1 unspecified atom stereocenters. The second-order valence-electron chi connectivity index (χ2n) is 3.09. The molecule has 0 bridgehead atoms. The van der Waals surface area contributed by atoms with Gasteiger partial charge in [-0.15, -0.1) is 0 Å². The fourth-order valence-electron chi connectivity index (χ4n) is 1.29. The zero-order chi connectivity index (χ0) is 9.97. The zero-order valence-electron chi connectivity index (χ0n) is 7.76. The van der Waals surface area contributed by atoms with Crippen molar-refractivity contribution in [3.05, 3.63) is 47.8 Å². The van der Waals surface area contributed by atoms with Crippen molar-refractivity contribution < 1.29 is 0 Å². The molecule has 0 aliphatic carbocycles. The fourth-order valence-corrected chi connectivity index (χ4v) is 1.40. The summed E-state index contributed by atoms with van der Waals surface area (Å²) in [7, 11) is 0. The minimum Gasteiger partial charge on any atom is -0.329 e. The first kappa shape index (κ1) is 9.21. The molecule has 1 atom stereocenters. The highest BCUT2D eigenvalue weighted by Crippen LogP contribution is 2.16. The van der Waals surface area contributed by atoms with Crippen molar-refractivity contribution in [2.24, 2.45) is 0 Å². The molecule has 0 saturated carbocycles. The minimum atomic E-state index is 0.190. The van der Waals surface area contributed by atoms with E-state index in [2.05, 4.69) is 16.9 Å². The molecule has 0 amide bonds. The fraction of sp³-hybridized carbons (Fsp3) is 0.200. The lowest BCUT2D eigenvalue weighted by atomic mass is 10.2.